The Labute approximate surface area is 188 Å². The van der Waals surface area contributed by atoms with E-state index in [-0.39, 0.29) is 0 Å². The molecule has 1 radical (unpaired) electrons. The minimum Gasteiger partial charge on any atom is -0.496 e. The molecule has 0 fully saturated rings. The van der Waals surface area contributed by atoms with Crippen LogP contribution in [0.1, 0.15) is 65.1 Å². The quantitative estimate of drug-likeness (QED) is 0.374. The predicted molar refractivity (Wildman–Crippen MR) is 130 cm³/mol. The maximum atomic E-state index is 5.50. The van der Waals surface area contributed by atoms with Crippen molar-refractivity contribution in [2.24, 2.45) is 0 Å². The molecule has 0 aliphatic rings. The van der Waals surface area contributed by atoms with Gasteiger partial charge in [0.2, 0.25) is 0 Å². The average molecular weight is 416 g/mol. The normalized spacial score (nSPS) is 11.1. The summed E-state index contributed by atoms with van der Waals surface area (Å²) in [6.07, 6.45) is 4.21. The van der Waals surface area contributed by atoms with Gasteiger partial charge in [-0.2, -0.15) is 0 Å². The minimum absolute atomic E-state index is 0.313. The van der Waals surface area contributed by atoms with Gasteiger partial charge in [-0.05, 0) is 96.7 Å². The standard InChI is InChI=1S/C29H35O2/c1-7-22-10-9-11-23(8-2)26(22)14-15-27(24-12-16-28(30-5)20(3)18-24)25-13-17-29(31-6)21(4)19-25/h10-13,16-19,27H,7-8,14-15H2,1-6H3. The molecule has 3 rings (SSSR count). The summed E-state index contributed by atoms with van der Waals surface area (Å²) >= 11 is 0. The van der Waals surface area contributed by atoms with Crippen molar-refractivity contribution < 1.29 is 9.47 Å². The molecule has 2 heteroatoms. The molecule has 163 valence electrons. The van der Waals surface area contributed by atoms with Crippen molar-refractivity contribution in [2.75, 3.05) is 14.2 Å². The fourth-order valence-corrected chi connectivity index (χ4v) is 4.63. The van der Waals surface area contributed by atoms with Gasteiger partial charge in [-0.3, -0.25) is 0 Å². The van der Waals surface area contributed by atoms with E-state index in [2.05, 4.69) is 82.3 Å². The molecule has 0 amide bonds. The molecule has 0 N–H and O–H groups in total. The number of ether oxygens (including phenoxy) is 2. The largest absolute Gasteiger partial charge is 0.496 e. The fourth-order valence-electron chi connectivity index (χ4n) is 4.63. The van der Waals surface area contributed by atoms with E-state index in [1.165, 1.54) is 38.9 Å². The maximum Gasteiger partial charge on any atom is 0.121 e. The van der Waals surface area contributed by atoms with Crippen LogP contribution in [0.15, 0.2) is 48.5 Å². The fraction of sp³-hybridized carbons (Fsp3) is 0.379. The molecule has 0 atom stereocenters. The van der Waals surface area contributed by atoms with E-state index in [1.54, 1.807) is 14.2 Å². The number of aryl methyl sites for hydroxylation is 4. The summed E-state index contributed by atoms with van der Waals surface area (Å²) in [5.41, 5.74) is 9.37. The van der Waals surface area contributed by atoms with E-state index in [4.69, 9.17) is 9.47 Å². The predicted octanol–water partition coefficient (Wildman–Crippen LogP) is 7.01. The van der Waals surface area contributed by atoms with Gasteiger partial charge in [-0.1, -0.05) is 50.2 Å². The third-order valence-corrected chi connectivity index (χ3v) is 6.38. The molecule has 0 spiro atoms. The van der Waals surface area contributed by atoms with Crippen molar-refractivity contribution >= 4 is 0 Å². The second kappa shape index (κ2) is 10.5. The lowest BCUT2D eigenvalue weighted by molar-refractivity contribution is 0.411. The third-order valence-electron chi connectivity index (χ3n) is 6.38. The van der Waals surface area contributed by atoms with Crippen LogP contribution in [0, 0.1) is 19.9 Å². The number of hydrogen-bond donors (Lipinski definition) is 0. The molecular weight excluding hydrogens is 380 g/mol. The van der Waals surface area contributed by atoms with Crippen molar-refractivity contribution in [1.29, 1.82) is 0 Å². The molecular formula is C29H35O2. The van der Waals surface area contributed by atoms with Crippen molar-refractivity contribution in [3.8, 4) is 11.5 Å². The van der Waals surface area contributed by atoms with Crippen LogP contribution < -0.4 is 9.47 Å². The van der Waals surface area contributed by atoms with Crippen LogP contribution >= 0.6 is 0 Å². The van der Waals surface area contributed by atoms with Gasteiger partial charge in [0.1, 0.15) is 11.5 Å². The van der Waals surface area contributed by atoms with Gasteiger partial charge < -0.3 is 9.47 Å². The van der Waals surface area contributed by atoms with Crippen LogP contribution in [-0.4, -0.2) is 14.2 Å². The topological polar surface area (TPSA) is 18.5 Å². The van der Waals surface area contributed by atoms with Gasteiger partial charge >= 0.3 is 0 Å². The SMILES string of the molecule is CCc1c[c]cc(CC)c1CCC(c1ccc(OC)c(C)c1)c1ccc(OC)c(C)c1. The van der Waals surface area contributed by atoms with Gasteiger partial charge in [-0.15, -0.1) is 0 Å². The molecule has 0 saturated heterocycles. The molecule has 0 heterocycles. The van der Waals surface area contributed by atoms with E-state index in [1.807, 2.05) is 0 Å². The number of benzene rings is 3. The highest BCUT2D eigenvalue weighted by atomic mass is 16.5. The molecule has 3 aromatic rings. The van der Waals surface area contributed by atoms with Crippen LogP contribution in [0.5, 0.6) is 11.5 Å². The zero-order valence-electron chi connectivity index (χ0n) is 19.8. The Morgan fingerprint density at radius 2 is 1.26 bits per heavy atom. The van der Waals surface area contributed by atoms with E-state index in [9.17, 15) is 0 Å². The molecule has 0 bridgehead atoms. The summed E-state index contributed by atoms with van der Waals surface area (Å²) < 4.78 is 11.0. The highest BCUT2D eigenvalue weighted by molar-refractivity contribution is 5.45. The van der Waals surface area contributed by atoms with E-state index < -0.39 is 0 Å². The molecule has 2 nitrogen and oxygen atoms in total. The van der Waals surface area contributed by atoms with E-state index in [0.717, 1.165) is 37.2 Å². The number of hydrogen-bond acceptors (Lipinski definition) is 2. The Balaban J connectivity index is 2.01. The second-order valence-electron chi connectivity index (χ2n) is 8.24. The second-order valence-corrected chi connectivity index (χ2v) is 8.24. The summed E-state index contributed by atoms with van der Waals surface area (Å²) in [6.45, 7) is 8.72. The minimum atomic E-state index is 0.313. The van der Waals surface area contributed by atoms with Crippen molar-refractivity contribution in [1.82, 2.24) is 0 Å². The van der Waals surface area contributed by atoms with E-state index in [0.29, 0.717) is 5.92 Å². The zero-order chi connectivity index (χ0) is 22.4. The summed E-state index contributed by atoms with van der Waals surface area (Å²) in [7, 11) is 3.47. The zero-order valence-corrected chi connectivity index (χ0v) is 19.8. The molecule has 3 aromatic carbocycles. The highest BCUT2D eigenvalue weighted by Crippen LogP contribution is 2.35. The first kappa shape index (κ1) is 22.9. The van der Waals surface area contributed by atoms with Gasteiger partial charge in [0.15, 0.2) is 0 Å². The lowest BCUT2D eigenvalue weighted by Gasteiger charge is -2.22. The summed E-state index contributed by atoms with van der Waals surface area (Å²) in [6, 6.07) is 20.9. The van der Waals surface area contributed by atoms with Gasteiger partial charge in [-0.25, -0.2) is 0 Å². The summed E-state index contributed by atoms with van der Waals surface area (Å²) in [4.78, 5) is 0. The first-order valence-electron chi connectivity index (χ1n) is 11.3. The van der Waals surface area contributed by atoms with Crippen LogP contribution in [-0.2, 0) is 19.3 Å². The Bertz CT molecular complexity index is 943. The Morgan fingerprint density at radius 3 is 1.65 bits per heavy atom. The number of methoxy groups -OCH3 is 2. The van der Waals surface area contributed by atoms with Crippen LogP contribution in [0.4, 0.5) is 0 Å². The first-order valence-corrected chi connectivity index (χ1v) is 11.3. The average Bonchev–Trinajstić information content (AvgIpc) is 2.79. The summed E-state index contributed by atoms with van der Waals surface area (Å²) in [5, 5.41) is 0. The van der Waals surface area contributed by atoms with E-state index >= 15 is 0 Å². The van der Waals surface area contributed by atoms with Gasteiger partial charge in [0, 0.05) is 5.92 Å². The molecule has 0 aliphatic carbocycles. The molecule has 31 heavy (non-hydrogen) atoms. The Kier molecular flexibility index (Phi) is 7.79. The number of rotatable bonds is 9. The lowest BCUT2D eigenvalue weighted by atomic mass is 9.83. The third kappa shape index (κ3) is 5.12. The molecule has 0 saturated carbocycles. The van der Waals surface area contributed by atoms with Crippen molar-refractivity contribution in [3.63, 3.8) is 0 Å². The maximum absolute atomic E-state index is 5.50. The monoisotopic (exact) mass is 415 g/mol. The summed E-state index contributed by atoms with van der Waals surface area (Å²) in [5.74, 6) is 2.19. The van der Waals surface area contributed by atoms with Crippen LogP contribution in [0.2, 0.25) is 0 Å². The molecule has 0 aromatic heterocycles. The first-order chi connectivity index (χ1) is 15.0. The Morgan fingerprint density at radius 1 is 0.774 bits per heavy atom. The lowest BCUT2D eigenvalue weighted by Crippen LogP contribution is -2.07. The van der Waals surface area contributed by atoms with Gasteiger partial charge in [0.05, 0.1) is 14.2 Å². The van der Waals surface area contributed by atoms with Crippen LogP contribution in [0.3, 0.4) is 0 Å². The molecule has 0 aliphatic heterocycles. The van der Waals surface area contributed by atoms with Crippen LogP contribution in [0.25, 0.3) is 0 Å². The smallest absolute Gasteiger partial charge is 0.121 e. The Hall–Kier alpha value is -2.74. The molecule has 0 unspecified atom stereocenters. The highest BCUT2D eigenvalue weighted by Gasteiger charge is 2.18. The van der Waals surface area contributed by atoms with Crippen molar-refractivity contribution in [3.05, 3.63) is 93.5 Å². The van der Waals surface area contributed by atoms with Crippen molar-refractivity contribution in [2.45, 2.75) is 59.3 Å². The van der Waals surface area contributed by atoms with Gasteiger partial charge in [0.25, 0.3) is 0 Å².